The number of hydrogen-bond donors (Lipinski definition) is 3. The van der Waals surface area contributed by atoms with Crippen LogP contribution >= 0.6 is 11.6 Å². The van der Waals surface area contributed by atoms with Crippen LogP contribution in [-0.4, -0.2) is 42.8 Å². The van der Waals surface area contributed by atoms with Gasteiger partial charge < -0.3 is 15.4 Å². The van der Waals surface area contributed by atoms with Crippen molar-refractivity contribution in [1.82, 2.24) is 15.8 Å². The number of carbonyl (C=O) groups is 2. The van der Waals surface area contributed by atoms with Gasteiger partial charge in [-0.25, -0.2) is 15.3 Å². The average molecular weight is 451 g/mol. The first kappa shape index (κ1) is 23.5. The fraction of sp³-hybridized carbons (Fsp3) is 0.591. The first-order valence-electron chi connectivity index (χ1n) is 11.0. The molecule has 0 aromatic carbocycles. The lowest BCUT2D eigenvalue weighted by atomic mass is 9.89. The molecular formula is C22H31ClN4O4. The molecule has 2 aliphatic rings. The number of amides is 2. The number of ether oxygens (including phenoxy) is 1. The first-order valence-corrected chi connectivity index (χ1v) is 11.4. The van der Waals surface area contributed by atoms with Crippen molar-refractivity contribution in [2.24, 2.45) is 5.92 Å². The number of anilines is 1. The van der Waals surface area contributed by atoms with E-state index in [2.05, 4.69) is 21.1 Å². The van der Waals surface area contributed by atoms with Crippen molar-refractivity contribution in [2.45, 2.75) is 57.7 Å². The fourth-order valence-electron chi connectivity index (χ4n) is 3.68. The maximum atomic E-state index is 12.1. The molecule has 1 aromatic rings. The van der Waals surface area contributed by atoms with Crippen molar-refractivity contribution in [1.29, 1.82) is 0 Å². The number of pyridine rings is 1. The second-order valence-electron chi connectivity index (χ2n) is 7.87. The van der Waals surface area contributed by atoms with Crippen LogP contribution in [-0.2, 0) is 19.2 Å². The summed E-state index contributed by atoms with van der Waals surface area (Å²) in [7, 11) is 0. The van der Waals surface area contributed by atoms with Crippen molar-refractivity contribution >= 4 is 35.3 Å². The van der Waals surface area contributed by atoms with E-state index in [1.165, 1.54) is 12.5 Å². The molecule has 2 fully saturated rings. The molecule has 0 radical (unpaired) electrons. The molecule has 2 heterocycles. The van der Waals surface area contributed by atoms with Gasteiger partial charge in [0.05, 0.1) is 5.02 Å². The van der Waals surface area contributed by atoms with Gasteiger partial charge in [-0.1, -0.05) is 30.9 Å². The Kier molecular flexibility index (Phi) is 9.58. The van der Waals surface area contributed by atoms with Gasteiger partial charge in [-0.05, 0) is 43.4 Å². The van der Waals surface area contributed by atoms with Gasteiger partial charge in [-0.3, -0.25) is 9.59 Å². The minimum Gasteiger partial charge on any atom is -0.367 e. The minimum atomic E-state index is -0.389. The van der Waals surface area contributed by atoms with Crippen LogP contribution in [0.5, 0.6) is 0 Å². The van der Waals surface area contributed by atoms with E-state index in [0.29, 0.717) is 36.1 Å². The summed E-state index contributed by atoms with van der Waals surface area (Å²) in [6.07, 6.45) is 12.5. The largest absolute Gasteiger partial charge is 0.367 e. The molecule has 2 amide bonds. The predicted octanol–water partition coefficient (Wildman–Crippen LogP) is 3.43. The Morgan fingerprint density at radius 3 is 2.71 bits per heavy atom. The Labute approximate surface area is 188 Å². The van der Waals surface area contributed by atoms with E-state index in [-0.39, 0.29) is 24.0 Å². The third-order valence-corrected chi connectivity index (χ3v) is 5.70. The number of carbonyl (C=O) groups excluding carboxylic acids is 2. The molecule has 8 nitrogen and oxygen atoms in total. The van der Waals surface area contributed by atoms with Gasteiger partial charge in [-0.15, -0.1) is 0 Å². The topological polar surface area (TPSA) is 102 Å². The van der Waals surface area contributed by atoms with Gasteiger partial charge in [0, 0.05) is 44.3 Å². The Morgan fingerprint density at radius 1 is 1.16 bits per heavy atom. The Hall–Kier alpha value is -2.16. The van der Waals surface area contributed by atoms with E-state index in [4.69, 9.17) is 21.2 Å². The standard InChI is InChI=1S/C22H31ClN4O4/c23-18-14-16(9-10-19(28)27-31-20-8-4-5-13-30-20)15-26-21(18)24-11-12-25-22(29)17-6-2-1-3-7-17/h9-10,14-15,17,20H,1-8,11-13H2,(H,24,26)(H,25,29)(H,27,28)/b10-9+. The van der Waals surface area contributed by atoms with Crippen molar-refractivity contribution in [3.63, 3.8) is 0 Å². The zero-order chi connectivity index (χ0) is 21.9. The fourth-order valence-corrected chi connectivity index (χ4v) is 3.93. The molecule has 1 aliphatic heterocycles. The molecule has 3 N–H and O–H groups in total. The van der Waals surface area contributed by atoms with Gasteiger partial charge in [0.15, 0.2) is 6.29 Å². The summed E-state index contributed by atoms with van der Waals surface area (Å²) >= 11 is 6.28. The number of halogens is 1. The van der Waals surface area contributed by atoms with E-state index < -0.39 is 0 Å². The molecular weight excluding hydrogens is 420 g/mol. The molecule has 1 aromatic heterocycles. The zero-order valence-corrected chi connectivity index (χ0v) is 18.5. The highest BCUT2D eigenvalue weighted by atomic mass is 35.5. The van der Waals surface area contributed by atoms with Crippen LogP contribution in [0.15, 0.2) is 18.3 Å². The molecule has 9 heteroatoms. The van der Waals surface area contributed by atoms with E-state index in [1.807, 2.05) is 0 Å². The lowest BCUT2D eigenvalue weighted by Gasteiger charge is -2.21. The SMILES string of the molecule is O=C(/C=C/c1cnc(NCCNC(=O)C2CCCCC2)c(Cl)c1)NOC1CCCCO1. The highest BCUT2D eigenvalue weighted by molar-refractivity contribution is 6.33. The van der Waals surface area contributed by atoms with Crippen LogP contribution in [0.3, 0.4) is 0 Å². The van der Waals surface area contributed by atoms with Gasteiger partial charge in [0.1, 0.15) is 5.82 Å². The number of nitrogens with one attached hydrogen (secondary N) is 3. The average Bonchev–Trinajstić information content (AvgIpc) is 2.81. The smallest absolute Gasteiger partial charge is 0.267 e. The van der Waals surface area contributed by atoms with Crippen LogP contribution in [0.1, 0.15) is 56.9 Å². The highest BCUT2D eigenvalue weighted by Gasteiger charge is 2.20. The van der Waals surface area contributed by atoms with Crippen molar-refractivity contribution in [3.8, 4) is 0 Å². The van der Waals surface area contributed by atoms with Gasteiger partial charge >= 0.3 is 0 Å². The Morgan fingerprint density at radius 2 is 1.97 bits per heavy atom. The van der Waals surface area contributed by atoms with Crippen molar-refractivity contribution in [2.75, 3.05) is 25.0 Å². The summed E-state index contributed by atoms with van der Waals surface area (Å²) in [5.74, 6) is 0.437. The molecule has 0 bridgehead atoms. The molecule has 3 rings (SSSR count). The second-order valence-corrected chi connectivity index (χ2v) is 8.27. The van der Waals surface area contributed by atoms with E-state index >= 15 is 0 Å². The van der Waals surface area contributed by atoms with E-state index in [9.17, 15) is 9.59 Å². The summed E-state index contributed by atoms with van der Waals surface area (Å²) in [6.45, 7) is 1.69. The van der Waals surface area contributed by atoms with Gasteiger partial charge in [0.25, 0.3) is 5.91 Å². The third-order valence-electron chi connectivity index (χ3n) is 5.41. The monoisotopic (exact) mass is 450 g/mol. The van der Waals surface area contributed by atoms with Gasteiger partial charge in [0.2, 0.25) is 5.91 Å². The highest BCUT2D eigenvalue weighted by Crippen LogP contribution is 2.23. The normalized spacial score (nSPS) is 19.8. The molecule has 1 unspecified atom stereocenters. The maximum absolute atomic E-state index is 12.1. The van der Waals surface area contributed by atoms with E-state index in [1.54, 1.807) is 18.3 Å². The lowest BCUT2D eigenvalue weighted by Crippen LogP contribution is -2.35. The minimum absolute atomic E-state index is 0.137. The summed E-state index contributed by atoms with van der Waals surface area (Å²) in [5.41, 5.74) is 3.05. The molecule has 1 aliphatic carbocycles. The summed E-state index contributed by atoms with van der Waals surface area (Å²) in [6, 6.07) is 1.71. The summed E-state index contributed by atoms with van der Waals surface area (Å²) < 4.78 is 5.39. The molecule has 1 saturated carbocycles. The van der Waals surface area contributed by atoms with Crippen LogP contribution in [0.25, 0.3) is 6.08 Å². The molecule has 31 heavy (non-hydrogen) atoms. The zero-order valence-electron chi connectivity index (χ0n) is 17.7. The molecule has 1 saturated heterocycles. The number of hydroxylamine groups is 1. The van der Waals surface area contributed by atoms with Crippen LogP contribution in [0, 0.1) is 5.92 Å². The van der Waals surface area contributed by atoms with Crippen molar-refractivity contribution in [3.05, 3.63) is 28.9 Å². The lowest BCUT2D eigenvalue weighted by molar-refractivity contribution is -0.198. The Bertz CT molecular complexity index is 762. The number of aromatic nitrogens is 1. The number of nitrogens with zero attached hydrogens (tertiary/aromatic N) is 1. The van der Waals surface area contributed by atoms with Crippen LogP contribution in [0.4, 0.5) is 5.82 Å². The number of hydrogen-bond acceptors (Lipinski definition) is 6. The molecule has 0 spiro atoms. The summed E-state index contributed by atoms with van der Waals surface area (Å²) in [5, 5.41) is 6.54. The van der Waals surface area contributed by atoms with Gasteiger partial charge in [-0.2, -0.15) is 0 Å². The number of rotatable bonds is 9. The second kappa shape index (κ2) is 12.6. The van der Waals surface area contributed by atoms with Crippen molar-refractivity contribution < 1.29 is 19.2 Å². The Balaban J connectivity index is 1.37. The summed E-state index contributed by atoms with van der Waals surface area (Å²) in [4.78, 5) is 33.5. The predicted molar refractivity (Wildman–Crippen MR) is 119 cm³/mol. The maximum Gasteiger partial charge on any atom is 0.267 e. The third kappa shape index (κ3) is 8.12. The van der Waals surface area contributed by atoms with E-state index in [0.717, 1.165) is 44.9 Å². The molecule has 170 valence electrons. The first-order chi connectivity index (χ1) is 15.1. The quantitative estimate of drug-likeness (QED) is 0.302. The molecule has 1 atom stereocenters. The van der Waals surface area contributed by atoms with Crippen LogP contribution in [0.2, 0.25) is 5.02 Å². The van der Waals surface area contributed by atoms with Crippen LogP contribution < -0.4 is 16.1 Å².